The minimum Gasteiger partial charge on any atom is -0.480 e. The first-order valence-corrected chi connectivity index (χ1v) is 3.83. The number of carboxylic acid groups (broad SMARTS) is 2. The molecule has 0 aromatic carbocycles. The molecular formula is C7H11NO5. The maximum absolute atomic E-state index is 10.7. The van der Waals surface area contributed by atoms with Crippen molar-refractivity contribution in [1.29, 1.82) is 0 Å². The fourth-order valence-electron chi connectivity index (χ4n) is 1.52. The first kappa shape index (κ1) is 9.79. The Labute approximate surface area is 74.7 Å². The van der Waals surface area contributed by atoms with Crippen LogP contribution in [0, 0.1) is 0 Å². The lowest BCUT2D eigenvalue weighted by molar-refractivity contribution is -0.145. The Morgan fingerprint density at radius 1 is 1.46 bits per heavy atom. The van der Waals surface area contributed by atoms with Crippen LogP contribution in [0.3, 0.4) is 0 Å². The van der Waals surface area contributed by atoms with E-state index in [9.17, 15) is 9.59 Å². The van der Waals surface area contributed by atoms with E-state index in [1.54, 1.807) is 0 Å². The molecule has 1 amide bonds. The normalized spacial score (nSPS) is 27.6. The molecule has 2 atom stereocenters. The van der Waals surface area contributed by atoms with E-state index in [1.807, 2.05) is 0 Å². The molecule has 0 aliphatic carbocycles. The summed E-state index contributed by atoms with van der Waals surface area (Å²) >= 11 is 0. The van der Waals surface area contributed by atoms with Gasteiger partial charge in [0.25, 0.3) is 0 Å². The zero-order chi connectivity index (χ0) is 10.0. The summed E-state index contributed by atoms with van der Waals surface area (Å²) in [5.41, 5.74) is 0. The summed E-state index contributed by atoms with van der Waals surface area (Å²) in [6.45, 7) is 0.213. The molecule has 1 heterocycles. The summed E-state index contributed by atoms with van der Waals surface area (Å²) in [5.74, 6) is -1.16. The molecule has 1 aliphatic rings. The number of hydrogen-bond acceptors (Lipinski definition) is 3. The number of carboxylic acids is 1. The van der Waals surface area contributed by atoms with E-state index in [0.717, 1.165) is 4.90 Å². The van der Waals surface area contributed by atoms with Gasteiger partial charge in [0.2, 0.25) is 0 Å². The highest BCUT2D eigenvalue weighted by Gasteiger charge is 2.42. The molecule has 0 bridgehead atoms. The Bertz CT molecular complexity index is 229. The standard InChI is InChI=1S/C7H11NO5/c1-13-4-2-3-8(7(11)12)5(4)6(9)10/h4-5H,2-3H2,1H3,(H,9,10)(H,11,12)/t4-,5-/m0/s1. The van der Waals surface area contributed by atoms with Crippen molar-refractivity contribution in [2.24, 2.45) is 0 Å². The lowest BCUT2D eigenvalue weighted by Gasteiger charge is -2.20. The molecule has 0 unspecified atom stereocenters. The van der Waals surface area contributed by atoms with E-state index >= 15 is 0 Å². The monoisotopic (exact) mass is 189 g/mol. The van der Waals surface area contributed by atoms with Crippen LogP contribution in [0.1, 0.15) is 6.42 Å². The predicted molar refractivity (Wildman–Crippen MR) is 41.6 cm³/mol. The first-order chi connectivity index (χ1) is 6.07. The third-order valence-corrected chi connectivity index (χ3v) is 2.14. The molecule has 1 saturated heterocycles. The highest BCUT2D eigenvalue weighted by Crippen LogP contribution is 2.20. The molecule has 1 aliphatic heterocycles. The van der Waals surface area contributed by atoms with E-state index < -0.39 is 24.2 Å². The fraction of sp³-hybridized carbons (Fsp3) is 0.714. The summed E-state index contributed by atoms with van der Waals surface area (Å²) in [5, 5.41) is 17.4. The number of methoxy groups -OCH3 is 1. The zero-order valence-corrected chi connectivity index (χ0v) is 7.14. The van der Waals surface area contributed by atoms with E-state index in [2.05, 4.69) is 0 Å². The minimum absolute atomic E-state index is 0.213. The van der Waals surface area contributed by atoms with Crippen molar-refractivity contribution in [2.45, 2.75) is 18.6 Å². The Hall–Kier alpha value is -1.30. The molecular weight excluding hydrogens is 178 g/mol. The van der Waals surface area contributed by atoms with Crippen molar-refractivity contribution < 1.29 is 24.5 Å². The van der Waals surface area contributed by atoms with Gasteiger partial charge < -0.3 is 14.9 Å². The molecule has 0 aromatic heterocycles. The molecule has 74 valence electrons. The van der Waals surface area contributed by atoms with Gasteiger partial charge in [-0.05, 0) is 6.42 Å². The van der Waals surface area contributed by atoms with Gasteiger partial charge in [-0.25, -0.2) is 9.59 Å². The van der Waals surface area contributed by atoms with Crippen LogP contribution < -0.4 is 0 Å². The second-order valence-electron chi connectivity index (χ2n) is 2.82. The minimum atomic E-state index is -1.22. The Balaban J connectivity index is 2.78. The Kier molecular flexibility index (Phi) is 2.72. The lowest BCUT2D eigenvalue weighted by atomic mass is 10.2. The van der Waals surface area contributed by atoms with Gasteiger partial charge in [-0.3, -0.25) is 4.90 Å². The average molecular weight is 189 g/mol. The van der Waals surface area contributed by atoms with Crippen LogP contribution >= 0.6 is 0 Å². The molecule has 1 fully saturated rings. The van der Waals surface area contributed by atoms with Crippen LogP contribution in [0.2, 0.25) is 0 Å². The molecule has 13 heavy (non-hydrogen) atoms. The number of rotatable bonds is 2. The average Bonchev–Trinajstić information content (AvgIpc) is 2.46. The first-order valence-electron chi connectivity index (χ1n) is 3.83. The number of hydrogen-bond donors (Lipinski definition) is 2. The second kappa shape index (κ2) is 3.61. The number of aliphatic carboxylic acids is 1. The summed E-state index contributed by atoms with van der Waals surface area (Å²) in [4.78, 5) is 22.2. The highest BCUT2D eigenvalue weighted by atomic mass is 16.5. The van der Waals surface area contributed by atoms with Crippen molar-refractivity contribution in [1.82, 2.24) is 4.90 Å². The van der Waals surface area contributed by atoms with E-state index in [1.165, 1.54) is 7.11 Å². The van der Waals surface area contributed by atoms with Gasteiger partial charge in [0.05, 0.1) is 6.10 Å². The van der Waals surface area contributed by atoms with Crippen LogP contribution in [0.15, 0.2) is 0 Å². The summed E-state index contributed by atoms with van der Waals surface area (Å²) in [6.07, 6.45) is -1.32. The third-order valence-electron chi connectivity index (χ3n) is 2.14. The number of likely N-dealkylation sites (tertiary alicyclic amines) is 1. The summed E-state index contributed by atoms with van der Waals surface area (Å²) in [7, 11) is 1.38. The SMILES string of the molecule is CO[C@H]1CCN(C(=O)O)[C@@H]1C(=O)O. The zero-order valence-electron chi connectivity index (χ0n) is 7.14. The van der Waals surface area contributed by atoms with E-state index in [4.69, 9.17) is 14.9 Å². The molecule has 0 saturated carbocycles. The maximum atomic E-state index is 10.7. The van der Waals surface area contributed by atoms with Gasteiger partial charge >= 0.3 is 12.1 Å². The number of ether oxygens (including phenoxy) is 1. The summed E-state index contributed by atoms with van der Waals surface area (Å²) in [6, 6.07) is -1.07. The van der Waals surface area contributed by atoms with Crippen molar-refractivity contribution in [3.8, 4) is 0 Å². The van der Waals surface area contributed by atoms with Crippen molar-refractivity contribution in [2.75, 3.05) is 13.7 Å². The predicted octanol–water partition coefficient (Wildman–Crippen LogP) is -0.162. The van der Waals surface area contributed by atoms with E-state index in [0.29, 0.717) is 6.42 Å². The fourth-order valence-corrected chi connectivity index (χ4v) is 1.52. The molecule has 0 aromatic rings. The van der Waals surface area contributed by atoms with Gasteiger partial charge in [0, 0.05) is 13.7 Å². The van der Waals surface area contributed by atoms with Crippen molar-refractivity contribution in [3.63, 3.8) is 0 Å². The van der Waals surface area contributed by atoms with Crippen LogP contribution in [0.4, 0.5) is 4.79 Å². The Morgan fingerprint density at radius 3 is 2.46 bits per heavy atom. The van der Waals surface area contributed by atoms with E-state index in [-0.39, 0.29) is 6.54 Å². The molecule has 6 heteroatoms. The van der Waals surface area contributed by atoms with Crippen LogP contribution in [0.25, 0.3) is 0 Å². The lowest BCUT2D eigenvalue weighted by Crippen LogP contribution is -2.44. The van der Waals surface area contributed by atoms with Gasteiger partial charge in [0.1, 0.15) is 0 Å². The Morgan fingerprint density at radius 2 is 2.08 bits per heavy atom. The van der Waals surface area contributed by atoms with Crippen molar-refractivity contribution >= 4 is 12.1 Å². The van der Waals surface area contributed by atoms with Crippen LogP contribution in [0.5, 0.6) is 0 Å². The number of carbonyl (C=O) groups is 2. The summed E-state index contributed by atoms with van der Waals surface area (Å²) < 4.78 is 4.88. The van der Waals surface area contributed by atoms with Crippen LogP contribution in [-0.4, -0.2) is 53.0 Å². The molecule has 2 N–H and O–H groups in total. The van der Waals surface area contributed by atoms with Gasteiger partial charge in [-0.15, -0.1) is 0 Å². The van der Waals surface area contributed by atoms with Crippen molar-refractivity contribution in [3.05, 3.63) is 0 Å². The van der Waals surface area contributed by atoms with Gasteiger partial charge in [0.15, 0.2) is 6.04 Å². The topological polar surface area (TPSA) is 87.1 Å². The highest BCUT2D eigenvalue weighted by molar-refractivity contribution is 5.80. The number of amides is 1. The molecule has 6 nitrogen and oxygen atoms in total. The van der Waals surface area contributed by atoms with Gasteiger partial charge in [-0.2, -0.15) is 0 Å². The maximum Gasteiger partial charge on any atom is 0.408 e. The second-order valence-corrected chi connectivity index (χ2v) is 2.82. The van der Waals surface area contributed by atoms with Gasteiger partial charge in [-0.1, -0.05) is 0 Å². The number of nitrogens with zero attached hydrogens (tertiary/aromatic N) is 1. The largest absolute Gasteiger partial charge is 0.480 e. The quantitative estimate of drug-likeness (QED) is 0.630. The molecule has 1 rings (SSSR count). The smallest absolute Gasteiger partial charge is 0.408 e. The molecule has 0 spiro atoms. The molecule has 0 radical (unpaired) electrons. The van der Waals surface area contributed by atoms with Crippen LogP contribution in [-0.2, 0) is 9.53 Å². The third kappa shape index (κ3) is 1.72.